The third-order valence-electron chi connectivity index (χ3n) is 3.58. The van der Waals surface area contributed by atoms with Gasteiger partial charge in [0, 0.05) is 6.54 Å². The highest BCUT2D eigenvalue weighted by Gasteiger charge is 2.24. The van der Waals surface area contributed by atoms with Crippen molar-refractivity contribution >= 4 is 29.2 Å². The average Bonchev–Trinajstić information content (AvgIpc) is 3.06. The topological polar surface area (TPSA) is 108 Å². The Morgan fingerprint density at radius 1 is 1.61 bits per heavy atom. The summed E-state index contributed by atoms with van der Waals surface area (Å²) in [5, 5.41) is 18.6. The Bertz CT molecular complexity index is 1010. The molecule has 0 bridgehead atoms. The number of aryl methyl sites for hydroxylation is 2. The average molecular weight is 328 g/mol. The van der Waals surface area contributed by atoms with E-state index in [2.05, 4.69) is 16.0 Å². The number of furan rings is 1. The van der Waals surface area contributed by atoms with Gasteiger partial charge in [-0.15, -0.1) is 0 Å². The van der Waals surface area contributed by atoms with E-state index in [1.807, 2.05) is 6.92 Å². The molecule has 3 aromatic rings. The molecule has 0 fully saturated rings. The van der Waals surface area contributed by atoms with Crippen LogP contribution in [0.15, 0.2) is 23.1 Å². The number of aliphatic carboxylic acids is 1. The second kappa shape index (κ2) is 5.70. The van der Waals surface area contributed by atoms with Gasteiger partial charge in [-0.3, -0.25) is 4.79 Å². The number of carboxylic acids is 1. The zero-order valence-electron chi connectivity index (χ0n) is 12.2. The predicted molar refractivity (Wildman–Crippen MR) is 84.3 cm³/mol. The minimum Gasteiger partial charge on any atom is -0.481 e. The number of fused-ring (bicyclic) bond motifs is 1. The van der Waals surface area contributed by atoms with Crippen LogP contribution in [0.2, 0.25) is 0 Å². The molecule has 8 heteroatoms. The summed E-state index contributed by atoms with van der Waals surface area (Å²) in [5.41, 5.74) is 2.64. The molecule has 0 atom stereocenters. The number of nitriles is 1. The third kappa shape index (κ3) is 2.41. The van der Waals surface area contributed by atoms with Crippen molar-refractivity contribution in [2.24, 2.45) is 0 Å². The molecule has 0 saturated heterocycles. The predicted octanol–water partition coefficient (Wildman–Crippen LogP) is 3.01. The number of nitrogens with zero attached hydrogens (tertiary/aromatic N) is 3. The number of aromatic amines is 1. The fourth-order valence-electron chi connectivity index (χ4n) is 2.57. The molecule has 0 saturated carbocycles. The fourth-order valence-corrected chi connectivity index (χ4v) is 2.83. The highest BCUT2D eigenvalue weighted by molar-refractivity contribution is 7.71. The number of hydrogen-bond donors (Lipinski definition) is 2. The molecular weight excluding hydrogens is 316 g/mol. The molecule has 0 unspecified atom stereocenters. The Morgan fingerprint density at radius 3 is 3.00 bits per heavy atom. The van der Waals surface area contributed by atoms with E-state index in [0.29, 0.717) is 32.7 Å². The summed E-state index contributed by atoms with van der Waals surface area (Å²) in [7, 11) is 0. The van der Waals surface area contributed by atoms with Gasteiger partial charge in [-0.2, -0.15) is 5.26 Å². The molecule has 0 spiro atoms. The van der Waals surface area contributed by atoms with Gasteiger partial charge in [0.25, 0.3) is 0 Å². The minimum absolute atomic E-state index is 0.106. The molecule has 23 heavy (non-hydrogen) atoms. The van der Waals surface area contributed by atoms with Gasteiger partial charge < -0.3 is 19.1 Å². The first kappa shape index (κ1) is 15.0. The standard InChI is InChI=1S/C15H12N4O3S/c1-8-3-5-22-14(8)12-9(6-16)11-13(15(23)18-7-17-11)19(12)4-2-10(20)21/h3,5,7H,2,4H2,1H3,(H,20,21)(H,17,18,23). The number of carboxylic acid groups (broad SMARTS) is 1. The highest BCUT2D eigenvalue weighted by atomic mass is 32.1. The molecule has 0 aliphatic heterocycles. The molecule has 3 aromatic heterocycles. The first-order chi connectivity index (χ1) is 11.0. The summed E-state index contributed by atoms with van der Waals surface area (Å²) < 4.78 is 7.61. The van der Waals surface area contributed by atoms with Gasteiger partial charge in [0.15, 0.2) is 5.76 Å². The second-order valence-electron chi connectivity index (χ2n) is 4.99. The van der Waals surface area contributed by atoms with Crippen LogP contribution in [0, 0.1) is 22.9 Å². The summed E-state index contributed by atoms with van der Waals surface area (Å²) in [6.07, 6.45) is 2.84. The van der Waals surface area contributed by atoms with Gasteiger partial charge >= 0.3 is 5.97 Å². The smallest absolute Gasteiger partial charge is 0.305 e. The fraction of sp³-hybridized carbons (Fsp3) is 0.200. The minimum atomic E-state index is -0.939. The normalized spacial score (nSPS) is 10.8. The number of rotatable bonds is 4. The van der Waals surface area contributed by atoms with E-state index >= 15 is 0 Å². The Labute approximate surface area is 135 Å². The van der Waals surface area contributed by atoms with Gasteiger partial charge in [0.05, 0.1) is 19.0 Å². The van der Waals surface area contributed by atoms with E-state index in [1.165, 1.54) is 12.6 Å². The molecule has 3 heterocycles. The van der Waals surface area contributed by atoms with Crippen molar-refractivity contribution < 1.29 is 14.3 Å². The number of nitrogens with one attached hydrogen (secondary N) is 1. The van der Waals surface area contributed by atoms with Gasteiger partial charge in [0.1, 0.15) is 33.0 Å². The maximum Gasteiger partial charge on any atom is 0.305 e. The van der Waals surface area contributed by atoms with E-state index in [-0.39, 0.29) is 13.0 Å². The second-order valence-corrected chi connectivity index (χ2v) is 5.40. The zero-order chi connectivity index (χ0) is 16.6. The molecule has 3 rings (SSSR count). The third-order valence-corrected chi connectivity index (χ3v) is 3.89. The van der Waals surface area contributed by atoms with Crippen LogP contribution < -0.4 is 0 Å². The summed E-state index contributed by atoms with van der Waals surface area (Å²) in [6.45, 7) is 2.01. The van der Waals surface area contributed by atoms with Crippen LogP contribution in [0.4, 0.5) is 0 Å². The lowest BCUT2D eigenvalue weighted by Crippen LogP contribution is -2.06. The van der Waals surface area contributed by atoms with E-state index in [4.69, 9.17) is 21.7 Å². The van der Waals surface area contributed by atoms with Crippen molar-refractivity contribution in [2.45, 2.75) is 19.9 Å². The lowest BCUT2D eigenvalue weighted by atomic mass is 10.1. The maximum atomic E-state index is 11.0. The molecule has 0 radical (unpaired) electrons. The SMILES string of the molecule is Cc1ccoc1-c1c(C#N)c2nc[nH]c(=S)c2n1CCC(=O)O. The summed E-state index contributed by atoms with van der Waals surface area (Å²) in [4.78, 5) is 18.0. The van der Waals surface area contributed by atoms with Gasteiger partial charge in [-0.1, -0.05) is 12.2 Å². The quantitative estimate of drug-likeness (QED) is 0.713. The number of H-pyrrole nitrogens is 1. The summed E-state index contributed by atoms with van der Waals surface area (Å²) in [6, 6.07) is 3.92. The monoisotopic (exact) mass is 328 g/mol. The van der Waals surface area contributed by atoms with Crippen LogP contribution in [0.3, 0.4) is 0 Å². The van der Waals surface area contributed by atoms with Crippen molar-refractivity contribution in [3.05, 3.63) is 34.4 Å². The van der Waals surface area contributed by atoms with E-state index in [9.17, 15) is 10.1 Å². The highest BCUT2D eigenvalue weighted by Crippen LogP contribution is 2.34. The van der Waals surface area contributed by atoms with Crippen LogP contribution in [-0.4, -0.2) is 25.6 Å². The lowest BCUT2D eigenvalue weighted by Gasteiger charge is -2.08. The van der Waals surface area contributed by atoms with Crippen molar-refractivity contribution in [2.75, 3.05) is 0 Å². The van der Waals surface area contributed by atoms with E-state index in [1.54, 1.807) is 10.6 Å². The van der Waals surface area contributed by atoms with E-state index < -0.39 is 5.97 Å². The summed E-state index contributed by atoms with van der Waals surface area (Å²) in [5.74, 6) is -0.425. The Hall–Kier alpha value is -2.92. The summed E-state index contributed by atoms with van der Waals surface area (Å²) >= 11 is 5.30. The van der Waals surface area contributed by atoms with Crippen LogP contribution in [0.1, 0.15) is 17.5 Å². The van der Waals surface area contributed by atoms with Crippen LogP contribution in [0.5, 0.6) is 0 Å². The molecule has 7 nitrogen and oxygen atoms in total. The molecule has 0 aliphatic rings. The molecule has 0 aliphatic carbocycles. The largest absolute Gasteiger partial charge is 0.481 e. The van der Waals surface area contributed by atoms with Crippen LogP contribution in [0.25, 0.3) is 22.5 Å². The molecule has 0 aromatic carbocycles. The van der Waals surface area contributed by atoms with Crippen LogP contribution >= 0.6 is 12.2 Å². The van der Waals surface area contributed by atoms with Gasteiger partial charge in [-0.05, 0) is 18.6 Å². The van der Waals surface area contributed by atoms with Crippen LogP contribution in [-0.2, 0) is 11.3 Å². The Kier molecular flexibility index (Phi) is 3.72. The number of carbonyl (C=O) groups is 1. The first-order valence-electron chi connectivity index (χ1n) is 6.80. The number of hydrogen-bond acceptors (Lipinski definition) is 5. The zero-order valence-corrected chi connectivity index (χ0v) is 13.0. The Balaban J connectivity index is 2.41. The van der Waals surface area contributed by atoms with Gasteiger partial charge in [-0.25, -0.2) is 4.98 Å². The first-order valence-corrected chi connectivity index (χ1v) is 7.21. The maximum absolute atomic E-state index is 11.0. The Morgan fingerprint density at radius 2 is 2.39 bits per heavy atom. The molecule has 0 amide bonds. The van der Waals surface area contributed by atoms with Crippen molar-refractivity contribution in [3.8, 4) is 17.5 Å². The molecular formula is C15H12N4O3S. The number of aromatic nitrogens is 3. The van der Waals surface area contributed by atoms with Crippen molar-refractivity contribution in [3.63, 3.8) is 0 Å². The lowest BCUT2D eigenvalue weighted by molar-refractivity contribution is -0.137. The van der Waals surface area contributed by atoms with E-state index in [0.717, 1.165) is 5.56 Å². The van der Waals surface area contributed by atoms with Crippen molar-refractivity contribution in [1.29, 1.82) is 5.26 Å². The molecule has 2 N–H and O–H groups in total. The molecule has 116 valence electrons. The van der Waals surface area contributed by atoms with Gasteiger partial charge in [0.2, 0.25) is 0 Å². The van der Waals surface area contributed by atoms with Crippen molar-refractivity contribution in [1.82, 2.24) is 14.5 Å².